The molecule has 106 valence electrons. The average molecular weight is 280 g/mol. The van der Waals surface area contributed by atoms with E-state index in [2.05, 4.69) is 4.74 Å². The van der Waals surface area contributed by atoms with E-state index in [1.807, 2.05) is 0 Å². The topological polar surface area (TPSA) is 121 Å². The molecular weight excluding hydrogens is 268 g/mol. The second kappa shape index (κ2) is 6.93. The Morgan fingerprint density at radius 1 is 1.15 bits per heavy atom. The lowest BCUT2D eigenvalue weighted by molar-refractivity contribution is -0.164. The van der Waals surface area contributed by atoms with E-state index in [9.17, 15) is 14.4 Å². The molecule has 0 saturated carbocycles. The first-order valence-electron chi connectivity index (χ1n) is 5.51. The maximum absolute atomic E-state index is 11.4. The highest BCUT2D eigenvalue weighted by Gasteiger charge is 2.24. The number of hydrogen-bond acceptors (Lipinski definition) is 5. The monoisotopic (exact) mass is 280 g/mol. The van der Waals surface area contributed by atoms with Crippen molar-refractivity contribution in [2.45, 2.75) is 12.5 Å². The van der Waals surface area contributed by atoms with Gasteiger partial charge in [0, 0.05) is 6.08 Å². The molecule has 1 rings (SSSR count). The van der Waals surface area contributed by atoms with Gasteiger partial charge in [-0.1, -0.05) is 12.1 Å². The molecule has 1 unspecified atom stereocenters. The standard InChI is InChI=1S/C13H12O7/c14-9-4-1-8(2-5-9)3-6-12(17)20-10(13(18)19)7-11(15)16/h1-6,10,14H,7H2,(H,15,16)(H,18,19)/b6-3-. The number of benzene rings is 1. The number of esters is 1. The van der Waals surface area contributed by atoms with Gasteiger partial charge in [-0.15, -0.1) is 0 Å². The molecule has 20 heavy (non-hydrogen) atoms. The molecule has 0 radical (unpaired) electrons. The molecule has 7 nitrogen and oxygen atoms in total. The van der Waals surface area contributed by atoms with Crippen LogP contribution in [-0.4, -0.2) is 39.3 Å². The Labute approximate surface area is 113 Å². The Balaban J connectivity index is 2.63. The van der Waals surface area contributed by atoms with Crippen molar-refractivity contribution in [2.24, 2.45) is 0 Å². The Bertz CT molecular complexity index is 530. The molecule has 0 saturated heterocycles. The van der Waals surface area contributed by atoms with Gasteiger partial charge in [-0.3, -0.25) is 4.79 Å². The summed E-state index contributed by atoms with van der Waals surface area (Å²) in [5, 5.41) is 26.2. The number of carboxylic acids is 2. The van der Waals surface area contributed by atoms with E-state index in [1.165, 1.54) is 30.3 Å². The summed E-state index contributed by atoms with van der Waals surface area (Å²) in [6.07, 6.45) is -0.218. The minimum absolute atomic E-state index is 0.0668. The van der Waals surface area contributed by atoms with Gasteiger partial charge in [-0.2, -0.15) is 0 Å². The molecule has 7 heteroatoms. The molecule has 0 spiro atoms. The first kappa shape index (κ1) is 15.2. The Kier molecular flexibility index (Phi) is 5.28. The van der Waals surface area contributed by atoms with Crippen LogP contribution in [0, 0.1) is 0 Å². The summed E-state index contributed by atoms with van der Waals surface area (Å²) < 4.78 is 4.51. The summed E-state index contributed by atoms with van der Waals surface area (Å²) in [5.41, 5.74) is 0.588. The van der Waals surface area contributed by atoms with Crippen molar-refractivity contribution < 1.29 is 34.4 Å². The fraction of sp³-hybridized carbons (Fsp3) is 0.154. The second-order valence-electron chi connectivity index (χ2n) is 3.79. The molecule has 0 aromatic heterocycles. The fourth-order valence-electron chi connectivity index (χ4n) is 1.27. The molecule has 0 aliphatic rings. The van der Waals surface area contributed by atoms with Crippen molar-refractivity contribution in [3.05, 3.63) is 35.9 Å². The number of carbonyl (C=O) groups excluding carboxylic acids is 1. The van der Waals surface area contributed by atoms with Crippen molar-refractivity contribution in [3.63, 3.8) is 0 Å². The number of rotatable bonds is 6. The van der Waals surface area contributed by atoms with Gasteiger partial charge in [-0.25, -0.2) is 9.59 Å². The van der Waals surface area contributed by atoms with Gasteiger partial charge in [0.05, 0.1) is 6.42 Å². The maximum Gasteiger partial charge on any atom is 0.345 e. The quantitative estimate of drug-likeness (QED) is 0.522. The van der Waals surface area contributed by atoms with Gasteiger partial charge < -0.3 is 20.1 Å². The first-order chi connectivity index (χ1) is 9.38. The molecule has 0 heterocycles. The molecule has 0 fully saturated rings. The zero-order chi connectivity index (χ0) is 15.1. The molecule has 0 aliphatic heterocycles. The van der Waals surface area contributed by atoms with Gasteiger partial charge in [0.1, 0.15) is 5.75 Å². The summed E-state index contributed by atoms with van der Waals surface area (Å²) in [7, 11) is 0. The number of ether oxygens (including phenoxy) is 1. The summed E-state index contributed by atoms with van der Waals surface area (Å²) in [6, 6.07) is 5.89. The first-order valence-corrected chi connectivity index (χ1v) is 5.51. The summed E-state index contributed by atoms with van der Waals surface area (Å²) in [5.74, 6) is -3.81. The largest absolute Gasteiger partial charge is 0.508 e. The summed E-state index contributed by atoms with van der Waals surface area (Å²) in [4.78, 5) is 32.5. The predicted octanol–water partition coefficient (Wildman–Crippen LogP) is 0.877. The lowest BCUT2D eigenvalue weighted by Crippen LogP contribution is -2.28. The molecule has 1 aromatic rings. The van der Waals surface area contributed by atoms with Crippen molar-refractivity contribution in [3.8, 4) is 5.75 Å². The van der Waals surface area contributed by atoms with Crippen molar-refractivity contribution in [1.29, 1.82) is 0 Å². The van der Waals surface area contributed by atoms with E-state index in [4.69, 9.17) is 15.3 Å². The number of hydrogen-bond donors (Lipinski definition) is 3. The highest BCUT2D eigenvalue weighted by atomic mass is 16.6. The van der Waals surface area contributed by atoms with Gasteiger partial charge in [0.15, 0.2) is 0 Å². The molecule has 3 N–H and O–H groups in total. The lowest BCUT2D eigenvalue weighted by Gasteiger charge is -2.09. The van der Waals surface area contributed by atoms with Crippen molar-refractivity contribution in [1.82, 2.24) is 0 Å². The van der Waals surface area contributed by atoms with Gasteiger partial charge in [0.2, 0.25) is 6.10 Å². The Morgan fingerprint density at radius 2 is 1.75 bits per heavy atom. The minimum Gasteiger partial charge on any atom is -0.508 e. The number of phenolic OH excluding ortho intramolecular Hbond substituents is 1. The number of aromatic hydroxyl groups is 1. The second-order valence-corrected chi connectivity index (χ2v) is 3.79. The average Bonchev–Trinajstić information content (AvgIpc) is 2.36. The van der Waals surface area contributed by atoms with Crippen molar-refractivity contribution >= 4 is 24.0 Å². The lowest BCUT2D eigenvalue weighted by atomic mass is 10.2. The third kappa shape index (κ3) is 5.21. The number of aliphatic carboxylic acids is 2. The minimum atomic E-state index is -1.73. The van der Waals surface area contributed by atoms with Crippen LogP contribution in [0.4, 0.5) is 0 Å². The van der Waals surface area contributed by atoms with Crippen LogP contribution >= 0.6 is 0 Å². The van der Waals surface area contributed by atoms with Crippen molar-refractivity contribution in [2.75, 3.05) is 0 Å². The predicted molar refractivity (Wildman–Crippen MR) is 66.9 cm³/mol. The van der Waals surface area contributed by atoms with Crippen LogP contribution in [0.25, 0.3) is 6.08 Å². The zero-order valence-electron chi connectivity index (χ0n) is 10.2. The third-order valence-electron chi connectivity index (χ3n) is 2.20. The van der Waals surface area contributed by atoms with Gasteiger partial charge in [-0.05, 0) is 23.8 Å². The van der Waals surface area contributed by atoms with Crippen LogP contribution in [0.1, 0.15) is 12.0 Å². The third-order valence-corrected chi connectivity index (χ3v) is 2.20. The van der Waals surface area contributed by atoms with E-state index < -0.39 is 30.4 Å². The highest BCUT2D eigenvalue weighted by Crippen LogP contribution is 2.11. The van der Waals surface area contributed by atoms with E-state index in [-0.39, 0.29) is 5.75 Å². The smallest absolute Gasteiger partial charge is 0.345 e. The maximum atomic E-state index is 11.4. The number of carbonyl (C=O) groups is 3. The summed E-state index contributed by atoms with van der Waals surface area (Å²) >= 11 is 0. The molecule has 1 aromatic carbocycles. The Morgan fingerprint density at radius 3 is 2.25 bits per heavy atom. The zero-order valence-corrected chi connectivity index (χ0v) is 10.2. The SMILES string of the molecule is O=C(O)CC(OC(=O)/C=C\c1ccc(O)cc1)C(=O)O. The van der Waals surface area contributed by atoms with Gasteiger partial charge in [0.25, 0.3) is 0 Å². The van der Waals surface area contributed by atoms with Crippen LogP contribution in [-0.2, 0) is 19.1 Å². The number of phenols is 1. The fourth-order valence-corrected chi connectivity index (χ4v) is 1.27. The molecule has 0 aliphatic carbocycles. The normalized spacial score (nSPS) is 12.0. The summed E-state index contributed by atoms with van der Waals surface area (Å²) in [6.45, 7) is 0. The van der Waals surface area contributed by atoms with E-state index >= 15 is 0 Å². The Hall–Kier alpha value is -2.83. The van der Waals surface area contributed by atoms with E-state index in [1.54, 1.807) is 0 Å². The highest BCUT2D eigenvalue weighted by molar-refractivity contribution is 5.90. The van der Waals surface area contributed by atoms with Crippen LogP contribution in [0.5, 0.6) is 5.75 Å². The van der Waals surface area contributed by atoms with E-state index in [0.717, 1.165) is 6.08 Å². The van der Waals surface area contributed by atoms with Crippen LogP contribution < -0.4 is 0 Å². The van der Waals surface area contributed by atoms with Crippen LogP contribution in [0.3, 0.4) is 0 Å². The molecule has 0 amide bonds. The van der Waals surface area contributed by atoms with Crippen LogP contribution in [0.2, 0.25) is 0 Å². The number of carboxylic acid groups (broad SMARTS) is 2. The van der Waals surface area contributed by atoms with Crippen LogP contribution in [0.15, 0.2) is 30.3 Å². The molecule has 0 bridgehead atoms. The van der Waals surface area contributed by atoms with Gasteiger partial charge >= 0.3 is 17.9 Å². The molecular formula is C13H12O7. The molecule has 1 atom stereocenters. The van der Waals surface area contributed by atoms with E-state index in [0.29, 0.717) is 5.56 Å².